The van der Waals surface area contributed by atoms with Crippen molar-refractivity contribution in [3.8, 4) is 0 Å². The number of ether oxygens (including phenoxy) is 1. The predicted molar refractivity (Wildman–Crippen MR) is 80.6 cm³/mol. The predicted octanol–water partition coefficient (Wildman–Crippen LogP) is 3.62. The molecule has 0 bridgehead atoms. The fraction of sp³-hybridized carbons (Fsp3) is 0.500. The lowest BCUT2D eigenvalue weighted by molar-refractivity contribution is -0.138. The normalized spacial score (nSPS) is 13.2. The number of carboxylic acid groups (broad SMARTS) is 1. The van der Waals surface area contributed by atoms with Crippen molar-refractivity contribution in [1.82, 2.24) is 5.32 Å². The standard InChI is InChI=1S/C16H20F3NO4/c1-15(2,3)24-14(23)20-12(9-13(21)22)8-10-5-4-6-11(7-10)16(17,18)19/h4-7,12H,8-9H2,1-3H3,(H,20,23)(H,21,22). The van der Waals surface area contributed by atoms with E-state index in [0.717, 1.165) is 12.1 Å². The molecule has 0 saturated heterocycles. The van der Waals surface area contributed by atoms with Gasteiger partial charge in [-0.25, -0.2) is 4.79 Å². The summed E-state index contributed by atoms with van der Waals surface area (Å²) in [5, 5.41) is 11.3. The lowest BCUT2D eigenvalue weighted by Crippen LogP contribution is -2.41. The van der Waals surface area contributed by atoms with Crippen LogP contribution in [0.15, 0.2) is 24.3 Å². The highest BCUT2D eigenvalue weighted by atomic mass is 19.4. The Balaban J connectivity index is 2.87. The van der Waals surface area contributed by atoms with Crippen LogP contribution in [0.3, 0.4) is 0 Å². The Morgan fingerprint density at radius 1 is 1.25 bits per heavy atom. The Morgan fingerprint density at radius 2 is 1.88 bits per heavy atom. The number of halogens is 3. The summed E-state index contributed by atoms with van der Waals surface area (Å²) in [6.45, 7) is 4.93. The van der Waals surface area contributed by atoms with Crippen LogP contribution in [0.2, 0.25) is 0 Å². The maximum atomic E-state index is 12.7. The first-order valence-electron chi connectivity index (χ1n) is 7.24. The first-order chi connectivity index (χ1) is 10.9. The molecule has 24 heavy (non-hydrogen) atoms. The summed E-state index contributed by atoms with van der Waals surface area (Å²) in [7, 11) is 0. The lowest BCUT2D eigenvalue weighted by Gasteiger charge is -2.23. The maximum absolute atomic E-state index is 12.7. The van der Waals surface area contributed by atoms with Gasteiger partial charge in [-0.15, -0.1) is 0 Å². The van der Waals surface area contributed by atoms with E-state index in [9.17, 15) is 22.8 Å². The number of amides is 1. The van der Waals surface area contributed by atoms with Gasteiger partial charge < -0.3 is 15.2 Å². The first-order valence-corrected chi connectivity index (χ1v) is 7.24. The second kappa shape index (κ2) is 7.55. The van der Waals surface area contributed by atoms with E-state index in [1.807, 2.05) is 0 Å². The zero-order valence-electron chi connectivity index (χ0n) is 13.6. The Labute approximate surface area is 137 Å². The van der Waals surface area contributed by atoms with Crippen LogP contribution in [-0.4, -0.2) is 28.8 Å². The minimum atomic E-state index is -4.49. The van der Waals surface area contributed by atoms with Gasteiger partial charge in [0.25, 0.3) is 0 Å². The topological polar surface area (TPSA) is 75.6 Å². The van der Waals surface area contributed by atoms with Crippen molar-refractivity contribution in [2.24, 2.45) is 0 Å². The minimum absolute atomic E-state index is 0.0601. The number of carbonyl (C=O) groups excluding carboxylic acids is 1. The smallest absolute Gasteiger partial charge is 0.416 e. The van der Waals surface area contributed by atoms with Crippen LogP contribution < -0.4 is 5.32 Å². The molecule has 0 aromatic heterocycles. The van der Waals surface area contributed by atoms with Crippen LogP contribution in [0.1, 0.15) is 38.3 Å². The van der Waals surface area contributed by atoms with E-state index in [-0.39, 0.29) is 12.0 Å². The summed E-state index contributed by atoms with van der Waals surface area (Å²) in [6.07, 6.45) is -5.80. The third kappa shape index (κ3) is 7.34. The molecule has 1 amide bonds. The molecular formula is C16H20F3NO4. The van der Waals surface area contributed by atoms with Crippen molar-refractivity contribution in [3.05, 3.63) is 35.4 Å². The molecule has 0 heterocycles. The number of nitrogens with one attached hydrogen (secondary N) is 1. The molecule has 1 aromatic carbocycles. The number of aliphatic carboxylic acids is 1. The van der Waals surface area contributed by atoms with Crippen LogP contribution in [0.5, 0.6) is 0 Å². The van der Waals surface area contributed by atoms with Gasteiger partial charge in [0.1, 0.15) is 5.60 Å². The number of carboxylic acids is 1. The first kappa shape index (κ1) is 19.8. The minimum Gasteiger partial charge on any atom is -0.481 e. The van der Waals surface area contributed by atoms with Crippen molar-refractivity contribution in [1.29, 1.82) is 0 Å². The zero-order chi connectivity index (χ0) is 18.5. The van der Waals surface area contributed by atoms with Gasteiger partial charge in [-0.2, -0.15) is 13.2 Å². The van der Waals surface area contributed by atoms with Crippen LogP contribution in [0.25, 0.3) is 0 Å². The summed E-state index contributed by atoms with van der Waals surface area (Å²) >= 11 is 0. The van der Waals surface area contributed by atoms with E-state index in [1.165, 1.54) is 12.1 Å². The molecule has 1 aromatic rings. The highest BCUT2D eigenvalue weighted by Crippen LogP contribution is 2.29. The number of alkyl halides is 3. The number of hydrogen-bond acceptors (Lipinski definition) is 3. The highest BCUT2D eigenvalue weighted by Gasteiger charge is 2.30. The van der Waals surface area contributed by atoms with E-state index in [1.54, 1.807) is 20.8 Å². The van der Waals surface area contributed by atoms with Crippen LogP contribution in [0, 0.1) is 0 Å². The van der Waals surface area contributed by atoms with E-state index < -0.39 is 41.9 Å². The van der Waals surface area contributed by atoms with Crippen molar-refractivity contribution >= 4 is 12.1 Å². The SMILES string of the molecule is CC(C)(C)OC(=O)NC(CC(=O)O)Cc1cccc(C(F)(F)F)c1. The van der Waals surface area contributed by atoms with Gasteiger partial charge in [-0.05, 0) is 38.8 Å². The molecule has 8 heteroatoms. The number of alkyl carbamates (subject to hydrolysis) is 1. The second-order valence-electron chi connectivity index (χ2n) is 6.34. The molecule has 0 radical (unpaired) electrons. The van der Waals surface area contributed by atoms with Gasteiger partial charge >= 0.3 is 18.2 Å². The Kier molecular flexibility index (Phi) is 6.22. The third-order valence-electron chi connectivity index (χ3n) is 2.88. The molecule has 5 nitrogen and oxygen atoms in total. The fourth-order valence-electron chi connectivity index (χ4n) is 2.02. The number of benzene rings is 1. The fourth-order valence-corrected chi connectivity index (χ4v) is 2.02. The van der Waals surface area contributed by atoms with Gasteiger partial charge in [0.15, 0.2) is 0 Å². The Morgan fingerprint density at radius 3 is 2.38 bits per heavy atom. The highest BCUT2D eigenvalue weighted by molar-refractivity contribution is 5.71. The van der Waals surface area contributed by atoms with Crippen molar-refractivity contribution in [2.45, 2.75) is 51.4 Å². The molecule has 134 valence electrons. The van der Waals surface area contributed by atoms with Crippen LogP contribution in [-0.2, 0) is 22.1 Å². The number of carbonyl (C=O) groups is 2. The van der Waals surface area contributed by atoms with Crippen molar-refractivity contribution < 1.29 is 32.6 Å². The van der Waals surface area contributed by atoms with Gasteiger partial charge in [0, 0.05) is 6.04 Å². The van der Waals surface area contributed by atoms with Crippen molar-refractivity contribution in [3.63, 3.8) is 0 Å². The van der Waals surface area contributed by atoms with E-state index >= 15 is 0 Å². The molecule has 0 aliphatic carbocycles. The molecule has 0 fully saturated rings. The summed E-state index contributed by atoms with van der Waals surface area (Å²) in [6, 6.07) is 3.66. The van der Waals surface area contributed by atoms with Crippen LogP contribution in [0.4, 0.5) is 18.0 Å². The Hall–Kier alpha value is -2.25. The Bertz CT molecular complexity index is 594. The second-order valence-corrected chi connectivity index (χ2v) is 6.34. The molecule has 0 saturated carbocycles. The molecule has 0 aliphatic rings. The zero-order valence-corrected chi connectivity index (χ0v) is 13.6. The van der Waals surface area contributed by atoms with Gasteiger partial charge in [-0.3, -0.25) is 4.79 Å². The van der Waals surface area contributed by atoms with E-state index in [2.05, 4.69) is 5.32 Å². The quantitative estimate of drug-likeness (QED) is 0.853. The lowest BCUT2D eigenvalue weighted by atomic mass is 10.0. The van der Waals surface area contributed by atoms with Gasteiger partial charge in [0.05, 0.1) is 12.0 Å². The van der Waals surface area contributed by atoms with E-state index in [0.29, 0.717) is 0 Å². The summed E-state index contributed by atoms with van der Waals surface area (Å²) in [5.74, 6) is -1.18. The average molecular weight is 347 g/mol. The van der Waals surface area contributed by atoms with Crippen LogP contribution >= 0.6 is 0 Å². The molecule has 0 aliphatic heterocycles. The molecule has 0 spiro atoms. The van der Waals surface area contributed by atoms with Gasteiger partial charge in [-0.1, -0.05) is 18.2 Å². The van der Waals surface area contributed by atoms with Crippen molar-refractivity contribution in [2.75, 3.05) is 0 Å². The van der Waals surface area contributed by atoms with E-state index in [4.69, 9.17) is 9.84 Å². The molecular weight excluding hydrogens is 327 g/mol. The monoisotopic (exact) mass is 347 g/mol. The molecule has 1 rings (SSSR count). The average Bonchev–Trinajstić information content (AvgIpc) is 2.34. The van der Waals surface area contributed by atoms with Gasteiger partial charge in [0.2, 0.25) is 0 Å². The number of hydrogen-bond donors (Lipinski definition) is 2. The molecule has 1 atom stereocenters. The molecule has 2 N–H and O–H groups in total. The molecule has 1 unspecified atom stereocenters. The summed E-state index contributed by atoms with van der Waals surface area (Å²) in [5.41, 5.74) is -1.33. The summed E-state index contributed by atoms with van der Waals surface area (Å²) < 4.78 is 43.2. The third-order valence-corrected chi connectivity index (χ3v) is 2.88. The number of rotatable bonds is 5. The maximum Gasteiger partial charge on any atom is 0.416 e. The largest absolute Gasteiger partial charge is 0.481 e. The summed E-state index contributed by atoms with van der Waals surface area (Å²) in [4.78, 5) is 22.7.